The topological polar surface area (TPSA) is 58.1 Å². The standard InChI is InChI=1S/C15H23ClN4O/c1-4-7-12-18-13(16)10(2)14(19-12)17-11(3)15(21)20-8-5-6-9-20/h11H,4-9H2,1-3H3,(H,17,18,19). The van der Waals surface area contributed by atoms with Gasteiger partial charge >= 0.3 is 0 Å². The average molecular weight is 311 g/mol. The van der Waals surface area contributed by atoms with E-state index >= 15 is 0 Å². The molecule has 116 valence electrons. The van der Waals surface area contributed by atoms with Crippen LogP contribution in [0.4, 0.5) is 5.82 Å². The number of anilines is 1. The summed E-state index contributed by atoms with van der Waals surface area (Å²) in [6.07, 6.45) is 3.93. The summed E-state index contributed by atoms with van der Waals surface area (Å²) in [5.41, 5.74) is 0.789. The second kappa shape index (κ2) is 7.07. The Bertz CT molecular complexity index is 515. The first kappa shape index (κ1) is 16.0. The largest absolute Gasteiger partial charge is 0.358 e. The molecule has 1 atom stereocenters. The van der Waals surface area contributed by atoms with Crippen LogP contribution in [0.1, 0.15) is 44.5 Å². The zero-order valence-corrected chi connectivity index (χ0v) is 13.7. The molecule has 1 N–H and O–H groups in total. The highest BCUT2D eigenvalue weighted by atomic mass is 35.5. The summed E-state index contributed by atoms with van der Waals surface area (Å²) >= 11 is 6.16. The van der Waals surface area contributed by atoms with Gasteiger partial charge in [0.1, 0.15) is 22.8 Å². The molecule has 0 radical (unpaired) electrons. The number of aryl methyl sites for hydroxylation is 1. The van der Waals surface area contributed by atoms with Crippen LogP contribution in [0.15, 0.2) is 0 Å². The molecular weight excluding hydrogens is 288 g/mol. The van der Waals surface area contributed by atoms with Gasteiger partial charge in [-0.25, -0.2) is 9.97 Å². The molecule has 2 heterocycles. The van der Waals surface area contributed by atoms with Gasteiger partial charge in [0, 0.05) is 25.1 Å². The Morgan fingerprint density at radius 1 is 1.38 bits per heavy atom. The number of rotatable bonds is 5. The number of nitrogens with one attached hydrogen (secondary N) is 1. The van der Waals surface area contributed by atoms with Gasteiger partial charge in [-0.3, -0.25) is 4.79 Å². The highest BCUT2D eigenvalue weighted by Gasteiger charge is 2.24. The Balaban J connectivity index is 2.12. The van der Waals surface area contributed by atoms with Crippen molar-refractivity contribution in [2.75, 3.05) is 18.4 Å². The van der Waals surface area contributed by atoms with Crippen molar-refractivity contribution >= 4 is 23.3 Å². The first-order valence-corrected chi connectivity index (χ1v) is 7.99. The Labute approximate surface area is 131 Å². The highest BCUT2D eigenvalue weighted by molar-refractivity contribution is 6.30. The van der Waals surface area contributed by atoms with Gasteiger partial charge in [0.05, 0.1) is 0 Å². The van der Waals surface area contributed by atoms with Gasteiger partial charge < -0.3 is 10.2 Å². The van der Waals surface area contributed by atoms with Gasteiger partial charge in [-0.05, 0) is 33.1 Å². The molecular formula is C15H23ClN4O. The molecule has 1 aromatic heterocycles. The second-order valence-corrected chi connectivity index (χ2v) is 5.91. The molecule has 1 fully saturated rings. The molecule has 1 aliphatic rings. The van der Waals surface area contributed by atoms with E-state index in [4.69, 9.17) is 11.6 Å². The number of amides is 1. The van der Waals surface area contributed by atoms with E-state index in [1.165, 1.54) is 0 Å². The minimum Gasteiger partial charge on any atom is -0.358 e. The van der Waals surface area contributed by atoms with E-state index in [1.54, 1.807) is 0 Å². The number of likely N-dealkylation sites (tertiary alicyclic amines) is 1. The van der Waals surface area contributed by atoms with Crippen molar-refractivity contribution in [3.8, 4) is 0 Å². The van der Waals surface area contributed by atoms with E-state index in [0.717, 1.165) is 50.2 Å². The van der Waals surface area contributed by atoms with E-state index < -0.39 is 0 Å². The van der Waals surface area contributed by atoms with E-state index in [-0.39, 0.29) is 11.9 Å². The van der Waals surface area contributed by atoms with Crippen LogP contribution in [0, 0.1) is 6.92 Å². The molecule has 1 aliphatic heterocycles. The number of hydrogen-bond donors (Lipinski definition) is 1. The van der Waals surface area contributed by atoms with Gasteiger partial charge in [-0.1, -0.05) is 18.5 Å². The maximum absolute atomic E-state index is 12.3. The quantitative estimate of drug-likeness (QED) is 0.850. The lowest BCUT2D eigenvalue weighted by Crippen LogP contribution is -2.40. The maximum atomic E-state index is 12.3. The summed E-state index contributed by atoms with van der Waals surface area (Å²) in [5.74, 6) is 1.51. The third-order valence-corrected chi connectivity index (χ3v) is 4.12. The third kappa shape index (κ3) is 3.84. The Hall–Kier alpha value is -1.36. The smallest absolute Gasteiger partial charge is 0.244 e. The van der Waals surface area contributed by atoms with Crippen LogP contribution in [-0.2, 0) is 11.2 Å². The molecule has 6 heteroatoms. The molecule has 1 aromatic rings. The first-order valence-electron chi connectivity index (χ1n) is 7.61. The molecule has 1 unspecified atom stereocenters. The van der Waals surface area contributed by atoms with E-state index in [1.807, 2.05) is 18.7 Å². The van der Waals surface area contributed by atoms with Crippen LogP contribution in [0.3, 0.4) is 0 Å². The number of hydrogen-bond acceptors (Lipinski definition) is 4. The minimum absolute atomic E-state index is 0.124. The Morgan fingerprint density at radius 3 is 2.67 bits per heavy atom. The minimum atomic E-state index is -0.303. The number of carbonyl (C=O) groups is 1. The average Bonchev–Trinajstić information content (AvgIpc) is 2.97. The zero-order chi connectivity index (χ0) is 15.4. The van der Waals surface area contributed by atoms with Crippen molar-refractivity contribution in [3.63, 3.8) is 0 Å². The van der Waals surface area contributed by atoms with Gasteiger partial charge in [0.2, 0.25) is 5.91 Å². The fraction of sp³-hybridized carbons (Fsp3) is 0.667. The van der Waals surface area contributed by atoms with Crippen LogP contribution in [-0.4, -0.2) is 39.9 Å². The Morgan fingerprint density at radius 2 is 2.05 bits per heavy atom. The Kier molecular flexibility index (Phi) is 5.39. The van der Waals surface area contributed by atoms with Crippen molar-refractivity contribution in [2.24, 2.45) is 0 Å². The molecule has 0 spiro atoms. The second-order valence-electron chi connectivity index (χ2n) is 5.55. The molecule has 5 nitrogen and oxygen atoms in total. The fourth-order valence-corrected chi connectivity index (χ4v) is 2.67. The van der Waals surface area contributed by atoms with Gasteiger partial charge in [0.25, 0.3) is 0 Å². The van der Waals surface area contributed by atoms with Crippen LogP contribution < -0.4 is 5.32 Å². The number of halogens is 1. The van der Waals surface area contributed by atoms with E-state index in [0.29, 0.717) is 11.0 Å². The van der Waals surface area contributed by atoms with E-state index in [2.05, 4.69) is 22.2 Å². The summed E-state index contributed by atoms with van der Waals surface area (Å²) in [4.78, 5) is 23.0. The number of aromatic nitrogens is 2. The SMILES string of the molecule is CCCc1nc(Cl)c(C)c(NC(C)C(=O)N2CCCC2)n1. The molecule has 0 saturated carbocycles. The predicted octanol–water partition coefficient (Wildman–Crippen LogP) is 2.81. The summed E-state index contributed by atoms with van der Waals surface area (Å²) in [6, 6.07) is -0.303. The highest BCUT2D eigenvalue weighted by Crippen LogP contribution is 2.21. The molecule has 0 bridgehead atoms. The lowest BCUT2D eigenvalue weighted by Gasteiger charge is -2.22. The van der Waals surface area contributed by atoms with Crippen LogP contribution >= 0.6 is 11.6 Å². The zero-order valence-electron chi connectivity index (χ0n) is 12.9. The summed E-state index contributed by atoms with van der Waals surface area (Å²) < 4.78 is 0. The van der Waals surface area contributed by atoms with Gasteiger partial charge in [0.15, 0.2) is 0 Å². The molecule has 0 aromatic carbocycles. The first-order chi connectivity index (χ1) is 10.0. The van der Waals surface area contributed by atoms with Crippen molar-refractivity contribution in [3.05, 3.63) is 16.5 Å². The monoisotopic (exact) mass is 310 g/mol. The maximum Gasteiger partial charge on any atom is 0.244 e. The normalized spacial score (nSPS) is 16.1. The summed E-state index contributed by atoms with van der Waals surface area (Å²) in [7, 11) is 0. The molecule has 1 saturated heterocycles. The third-order valence-electron chi connectivity index (χ3n) is 3.75. The van der Waals surface area contributed by atoms with Crippen molar-refractivity contribution in [1.29, 1.82) is 0 Å². The van der Waals surface area contributed by atoms with Crippen LogP contribution in [0.5, 0.6) is 0 Å². The van der Waals surface area contributed by atoms with Crippen LogP contribution in [0.25, 0.3) is 0 Å². The number of nitrogens with zero attached hydrogens (tertiary/aromatic N) is 3. The van der Waals surface area contributed by atoms with E-state index in [9.17, 15) is 4.79 Å². The van der Waals surface area contributed by atoms with Crippen molar-refractivity contribution in [2.45, 2.75) is 52.5 Å². The lowest BCUT2D eigenvalue weighted by molar-refractivity contribution is -0.130. The molecule has 2 rings (SSSR count). The summed E-state index contributed by atoms with van der Waals surface area (Å²) in [5, 5.41) is 3.66. The van der Waals surface area contributed by atoms with Crippen molar-refractivity contribution < 1.29 is 4.79 Å². The van der Waals surface area contributed by atoms with Gasteiger partial charge in [-0.15, -0.1) is 0 Å². The lowest BCUT2D eigenvalue weighted by atomic mass is 10.2. The van der Waals surface area contributed by atoms with Gasteiger partial charge in [-0.2, -0.15) is 0 Å². The predicted molar refractivity (Wildman–Crippen MR) is 84.7 cm³/mol. The van der Waals surface area contributed by atoms with Crippen molar-refractivity contribution in [1.82, 2.24) is 14.9 Å². The summed E-state index contributed by atoms with van der Waals surface area (Å²) in [6.45, 7) is 7.53. The van der Waals surface area contributed by atoms with Crippen LogP contribution in [0.2, 0.25) is 5.15 Å². The fourth-order valence-electron chi connectivity index (χ4n) is 2.49. The number of carbonyl (C=O) groups excluding carboxylic acids is 1. The molecule has 21 heavy (non-hydrogen) atoms. The molecule has 0 aliphatic carbocycles. The molecule has 1 amide bonds.